The van der Waals surface area contributed by atoms with Gasteiger partial charge in [0.1, 0.15) is 0 Å². The van der Waals surface area contributed by atoms with Gasteiger partial charge in [-0.1, -0.05) is 29.8 Å². The summed E-state index contributed by atoms with van der Waals surface area (Å²) in [4.78, 5) is 2.35. The van der Waals surface area contributed by atoms with E-state index < -0.39 is 6.10 Å². The van der Waals surface area contributed by atoms with Crippen LogP contribution < -0.4 is 0 Å². The number of aliphatic hydroxyl groups is 1. The minimum Gasteiger partial charge on any atom is -0.387 e. The minimum atomic E-state index is -0.509. The van der Waals surface area contributed by atoms with Crippen molar-refractivity contribution in [3.05, 3.63) is 52.3 Å². The quantitative estimate of drug-likeness (QED) is 0.945. The minimum absolute atomic E-state index is 0.509. The summed E-state index contributed by atoms with van der Waals surface area (Å²) in [7, 11) is 0. The molecule has 0 radical (unpaired) electrons. The van der Waals surface area contributed by atoms with Crippen LogP contribution in [0.25, 0.3) is 0 Å². The second kappa shape index (κ2) is 5.56. The molecule has 4 nitrogen and oxygen atoms in total. The maximum Gasteiger partial charge on any atom is 0.0950 e. The molecule has 0 amide bonds. The zero-order valence-corrected chi connectivity index (χ0v) is 12.2. The van der Waals surface area contributed by atoms with Gasteiger partial charge < -0.3 is 5.11 Å². The largest absolute Gasteiger partial charge is 0.387 e. The van der Waals surface area contributed by atoms with Crippen molar-refractivity contribution in [2.75, 3.05) is 6.54 Å². The summed E-state index contributed by atoms with van der Waals surface area (Å²) in [5.41, 5.74) is 3.05. The monoisotopic (exact) mass is 291 g/mol. The van der Waals surface area contributed by atoms with Gasteiger partial charge in [-0.3, -0.25) is 9.58 Å². The predicted octanol–water partition coefficient (Wildman–Crippen LogP) is 2.61. The van der Waals surface area contributed by atoms with E-state index in [1.807, 2.05) is 28.9 Å². The van der Waals surface area contributed by atoms with Crippen LogP contribution in [0.1, 0.15) is 30.0 Å². The molecule has 0 bridgehead atoms. The van der Waals surface area contributed by atoms with Crippen LogP contribution in [0.4, 0.5) is 0 Å². The summed E-state index contributed by atoms with van der Waals surface area (Å²) in [5.74, 6) is 0. The van der Waals surface area contributed by atoms with Crippen LogP contribution in [0.5, 0.6) is 0 Å². The standard InChI is InChI=1S/C15H18ClN3O/c1-11(20)15-8-13-10-18(6-7-19(13)17-15)9-12-4-2-3-5-14(12)16/h2-5,8,11,20H,6-7,9-10H2,1H3/t11-/m1/s1. The molecular weight excluding hydrogens is 274 g/mol. The lowest BCUT2D eigenvalue weighted by Crippen LogP contribution is -2.33. The third kappa shape index (κ3) is 2.73. The Labute approximate surface area is 123 Å². The molecule has 2 heterocycles. The highest BCUT2D eigenvalue weighted by atomic mass is 35.5. The predicted molar refractivity (Wildman–Crippen MR) is 78.4 cm³/mol. The van der Waals surface area contributed by atoms with E-state index in [0.717, 1.165) is 48.2 Å². The van der Waals surface area contributed by atoms with Crippen molar-refractivity contribution in [1.29, 1.82) is 0 Å². The van der Waals surface area contributed by atoms with Gasteiger partial charge in [-0.25, -0.2) is 0 Å². The number of aliphatic hydroxyl groups excluding tert-OH is 1. The number of fused-ring (bicyclic) bond motifs is 1. The summed E-state index contributed by atoms with van der Waals surface area (Å²) in [6, 6.07) is 9.95. The summed E-state index contributed by atoms with van der Waals surface area (Å²) in [6.45, 7) is 5.22. The van der Waals surface area contributed by atoms with Crippen molar-refractivity contribution in [2.45, 2.75) is 32.7 Å². The number of rotatable bonds is 3. The second-order valence-corrected chi connectivity index (χ2v) is 5.67. The van der Waals surface area contributed by atoms with Gasteiger partial charge in [0.15, 0.2) is 0 Å². The van der Waals surface area contributed by atoms with Gasteiger partial charge in [-0.05, 0) is 24.6 Å². The first-order valence-electron chi connectivity index (χ1n) is 6.84. The highest BCUT2D eigenvalue weighted by Gasteiger charge is 2.20. The Morgan fingerprint density at radius 3 is 2.90 bits per heavy atom. The summed E-state index contributed by atoms with van der Waals surface area (Å²) >= 11 is 6.21. The van der Waals surface area contributed by atoms with Crippen molar-refractivity contribution in [2.24, 2.45) is 0 Å². The fourth-order valence-electron chi connectivity index (χ4n) is 2.55. The van der Waals surface area contributed by atoms with Crippen molar-refractivity contribution >= 4 is 11.6 Å². The first-order chi connectivity index (χ1) is 9.63. The molecule has 106 valence electrons. The summed E-state index contributed by atoms with van der Waals surface area (Å²) in [6.07, 6.45) is -0.509. The molecule has 1 aromatic carbocycles. The Morgan fingerprint density at radius 2 is 2.15 bits per heavy atom. The number of halogens is 1. The Morgan fingerprint density at radius 1 is 1.35 bits per heavy atom. The topological polar surface area (TPSA) is 41.3 Å². The maximum atomic E-state index is 9.60. The average Bonchev–Trinajstić information content (AvgIpc) is 2.85. The van der Waals surface area contributed by atoms with Crippen LogP contribution in [0.2, 0.25) is 5.02 Å². The number of aromatic nitrogens is 2. The fourth-order valence-corrected chi connectivity index (χ4v) is 2.74. The van der Waals surface area contributed by atoms with E-state index in [9.17, 15) is 5.11 Å². The number of hydrogen-bond donors (Lipinski definition) is 1. The molecule has 0 saturated heterocycles. The number of hydrogen-bond acceptors (Lipinski definition) is 3. The molecule has 2 aromatic rings. The van der Waals surface area contributed by atoms with Gasteiger partial charge in [0, 0.05) is 24.7 Å². The van der Waals surface area contributed by atoms with Crippen molar-refractivity contribution in [1.82, 2.24) is 14.7 Å². The molecule has 0 saturated carbocycles. The molecule has 1 aliphatic heterocycles. The van der Waals surface area contributed by atoms with E-state index in [4.69, 9.17) is 11.6 Å². The van der Waals surface area contributed by atoms with E-state index in [2.05, 4.69) is 16.1 Å². The van der Waals surface area contributed by atoms with Gasteiger partial charge in [0.25, 0.3) is 0 Å². The van der Waals surface area contributed by atoms with Crippen LogP contribution in [-0.4, -0.2) is 26.3 Å². The van der Waals surface area contributed by atoms with Gasteiger partial charge >= 0.3 is 0 Å². The molecule has 0 unspecified atom stereocenters. The van der Waals surface area contributed by atoms with Crippen LogP contribution in [-0.2, 0) is 19.6 Å². The number of nitrogens with zero attached hydrogens (tertiary/aromatic N) is 3. The van der Waals surface area contributed by atoms with Gasteiger partial charge in [0.05, 0.1) is 24.0 Å². The van der Waals surface area contributed by atoms with Crippen LogP contribution in [0, 0.1) is 0 Å². The van der Waals surface area contributed by atoms with E-state index >= 15 is 0 Å². The second-order valence-electron chi connectivity index (χ2n) is 5.26. The normalized spacial score (nSPS) is 16.9. The van der Waals surface area contributed by atoms with E-state index in [-0.39, 0.29) is 0 Å². The van der Waals surface area contributed by atoms with Crippen molar-refractivity contribution < 1.29 is 5.11 Å². The third-order valence-corrected chi connectivity index (χ3v) is 4.04. The lowest BCUT2D eigenvalue weighted by Gasteiger charge is -2.27. The van der Waals surface area contributed by atoms with Crippen LogP contribution in [0.3, 0.4) is 0 Å². The zero-order chi connectivity index (χ0) is 14.1. The molecule has 5 heteroatoms. The molecule has 3 rings (SSSR count). The molecule has 20 heavy (non-hydrogen) atoms. The molecule has 0 fully saturated rings. The smallest absolute Gasteiger partial charge is 0.0950 e. The zero-order valence-electron chi connectivity index (χ0n) is 11.5. The van der Waals surface area contributed by atoms with E-state index in [1.54, 1.807) is 6.92 Å². The Kier molecular flexibility index (Phi) is 3.78. The third-order valence-electron chi connectivity index (χ3n) is 3.68. The fraction of sp³-hybridized carbons (Fsp3) is 0.400. The molecule has 0 spiro atoms. The highest BCUT2D eigenvalue weighted by Crippen LogP contribution is 2.22. The molecule has 1 N–H and O–H groups in total. The molecular formula is C15H18ClN3O. The van der Waals surface area contributed by atoms with E-state index in [0.29, 0.717) is 0 Å². The number of benzene rings is 1. The molecule has 1 atom stereocenters. The first-order valence-corrected chi connectivity index (χ1v) is 7.22. The summed E-state index contributed by atoms with van der Waals surface area (Å²) in [5, 5.41) is 14.8. The van der Waals surface area contributed by atoms with Crippen molar-refractivity contribution in [3.63, 3.8) is 0 Å². The van der Waals surface area contributed by atoms with E-state index in [1.165, 1.54) is 0 Å². The van der Waals surface area contributed by atoms with Crippen molar-refractivity contribution in [3.8, 4) is 0 Å². The molecule has 1 aromatic heterocycles. The average molecular weight is 292 g/mol. The van der Waals surface area contributed by atoms with Crippen LogP contribution >= 0.6 is 11.6 Å². The Bertz CT molecular complexity index is 609. The van der Waals surface area contributed by atoms with Gasteiger partial charge in [-0.15, -0.1) is 0 Å². The highest BCUT2D eigenvalue weighted by molar-refractivity contribution is 6.31. The first kappa shape index (κ1) is 13.6. The van der Waals surface area contributed by atoms with Gasteiger partial charge in [-0.2, -0.15) is 5.10 Å². The summed E-state index contributed by atoms with van der Waals surface area (Å²) < 4.78 is 1.99. The lowest BCUT2D eigenvalue weighted by molar-refractivity contribution is 0.189. The Balaban J connectivity index is 1.74. The lowest BCUT2D eigenvalue weighted by atomic mass is 10.2. The molecule has 0 aliphatic carbocycles. The maximum absolute atomic E-state index is 9.60. The van der Waals surface area contributed by atoms with Crippen LogP contribution in [0.15, 0.2) is 30.3 Å². The Hall–Kier alpha value is -1.36. The van der Waals surface area contributed by atoms with Gasteiger partial charge in [0.2, 0.25) is 0 Å². The molecule has 1 aliphatic rings. The SMILES string of the molecule is C[C@@H](O)c1cc2n(n1)CCN(Cc1ccccc1Cl)C2.